The van der Waals surface area contributed by atoms with E-state index >= 15 is 0 Å². The van der Waals surface area contributed by atoms with Gasteiger partial charge in [-0.1, -0.05) is 36.9 Å². The van der Waals surface area contributed by atoms with Gasteiger partial charge < -0.3 is 10.1 Å². The summed E-state index contributed by atoms with van der Waals surface area (Å²) >= 11 is 0. The number of anilines is 2. The molecule has 0 saturated carbocycles. The molecule has 160 valence electrons. The first-order valence-corrected chi connectivity index (χ1v) is 10.8. The second-order valence-electron chi connectivity index (χ2n) is 7.50. The predicted octanol–water partition coefficient (Wildman–Crippen LogP) is 5.09. The molecule has 4 rings (SSSR count). The summed E-state index contributed by atoms with van der Waals surface area (Å²) in [6.07, 6.45) is 10.4. The molecule has 6 heteroatoms. The molecule has 1 aliphatic rings. The summed E-state index contributed by atoms with van der Waals surface area (Å²) in [5.74, 6) is 1.43. The molecule has 1 aliphatic heterocycles. The van der Waals surface area contributed by atoms with E-state index in [0.717, 1.165) is 41.5 Å². The second kappa shape index (κ2) is 10.1. The van der Waals surface area contributed by atoms with Gasteiger partial charge in [-0.15, -0.1) is 5.10 Å². The fourth-order valence-electron chi connectivity index (χ4n) is 3.74. The van der Waals surface area contributed by atoms with Crippen molar-refractivity contribution in [2.45, 2.75) is 19.8 Å². The summed E-state index contributed by atoms with van der Waals surface area (Å²) in [5.41, 5.74) is 3.73. The lowest BCUT2D eigenvalue weighted by molar-refractivity contribution is 0.238. The maximum absolute atomic E-state index is 5.88. The fourth-order valence-corrected chi connectivity index (χ4v) is 3.74. The van der Waals surface area contributed by atoms with Crippen LogP contribution in [0.2, 0.25) is 0 Å². The number of likely N-dealkylation sites (tertiary alicyclic amines) is 1. The minimum Gasteiger partial charge on any atom is -0.492 e. The zero-order valence-corrected chi connectivity index (χ0v) is 18.0. The van der Waals surface area contributed by atoms with E-state index in [1.54, 1.807) is 6.08 Å². The fraction of sp³-hybridized carbons (Fsp3) is 0.280. The number of pyridine rings is 1. The molecule has 2 aromatic heterocycles. The Bertz CT molecular complexity index is 1070. The number of rotatable bonds is 9. The van der Waals surface area contributed by atoms with Crippen molar-refractivity contribution >= 4 is 22.9 Å². The minimum atomic E-state index is 0.554. The Labute approximate surface area is 183 Å². The third-order valence-electron chi connectivity index (χ3n) is 5.36. The second-order valence-corrected chi connectivity index (χ2v) is 7.50. The van der Waals surface area contributed by atoms with Gasteiger partial charge in [0.15, 0.2) is 5.65 Å². The van der Waals surface area contributed by atoms with Crippen LogP contribution in [-0.4, -0.2) is 45.7 Å². The van der Waals surface area contributed by atoms with Crippen LogP contribution in [0.1, 0.15) is 25.5 Å². The van der Waals surface area contributed by atoms with Gasteiger partial charge in [0.1, 0.15) is 12.4 Å². The van der Waals surface area contributed by atoms with E-state index in [9.17, 15) is 0 Å². The molecule has 0 spiro atoms. The molecule has 1 N–H and O–H groups in total. The van der Waals surface area contributed by atoms with Crippen molar-refractivity contribution in [3.63, 3.8) is 0 Å². The maximum atomic E-state index is 5.88. The molecular formula is C25H29N5O. The zero-order chi connectivity index (χ0) is 21.5. The highest BCUT2D eigenvalue weighted by Crippen LogP contribution is 2.21. The summed E-state index contributed by atoms with van der Waals surface area (Å²) in [4.78, 5) is 7.06. The zero-order valence-electron chi connectivity index (χ0n) is 18.0. The van der Waals surface area contributed by atoms with E-state index in [2.05, 4.69) is 26.9 Å². The first-order valence-electron chi connectivity index (χ1n) is 10.8. The van der Waals surface area contributed by atoms with Gasteiger partial charge in [0.05, 0.1) is 5.69 Å². The third-order valence-corrected chi connectivity index (χ3v) is 5.36. The monoisotopic (exact) mass is 415 g/mol. The van der Waals surface area contributed by atoms with Crippen LogP contribution in [0.3, 0.4) is 0 Å². The molecule has 6 nitrogen and oxygen atoms in total. The SMILES string of the molecule is C=C/C=C\C(=C/C)c1cccc2nc(Nc3ccc(OCCN4CCCC4)cc3)nn12. The molecule has 0 aliphatic carbocycles. The smallest absolute Gasteiger partial charge is 0.247 e. The van der Waals surface area contributed by atoms with Gasteiger partial charge in [-0.3, -0.25) is 4.90 Å². The van der Waals surface area contributed by atoms with Crippen LogP contribution >= 0.6 is 0 Å². The Morgan fingerprint density at radius 2 is 1.97 bits per heavy atom. The molecule has 0 amide bonds. The lowest BCUT2D eigenvalue weighted by Gasteiger charge is -2.15. The first kappa shape index (κ1) is 20.9. The number of hydrogen-bond acceptors (Lipinski definition) is 5. The average Bonchev–Trinajstić information content (AvgIpc) is 3.45. The minimum absolute atomic E-state index is 0.554. The third kappa shape index (κ3) is 5.22. The molecule has 0 bridgehead atoms. The van der Waals surface area contributed by atoms with Crippen molar-refractivity contribution in [3.8, 4) is 5.75 Å². The van der Waals surface area contributed by atoms with Crippen LogP contribution in [0.25, 0.3) is 11.2 Å². The average molecular weight is 416 g/mol. The number of allylic oxidation sites excluding steroid dienone is 5. The van der Waals surface area contributed by atoms with Crippen LogP contribution in [0, 0.1) is 0 Å². The van der Waals surface area contributed by atoms with Gasteiger partial charge >= 0.3 is 0 Å². The van der Waals surface area contributed by atoms with Gasteiger partial charge in [0, 0.05) is 12.2 Å². The number of aromatic nitrogens is 3. The summed E-state index contributed by atoms with van der Waals surface area (Å²) < 4.78 is 7.73. The van der Waals surface area contributed by atoms with Crippen LogP contribution < -0.4 is 10.1 Å². The van der Waals surface area contributed by atoms with E-state index in [-0.39, 0.29) is 0 Å². The van der Waals surface area contributed by atoms with Crippen LogP contribution in [0.4, 0.5) is 11.6 Å². The van der Waals surface area contributed by atoms with Crippen molar-refractivity contribution in [3.05, 3.63) is 79.0 Å². The Hall–Kier alpha value is -3.38. The molecule has 1 saturated heterocycles. The van der Waals surface area contributed by atoms with E-state index in [1.807, 2.05) is 72.1 Å². The van der Waals surface area contributed by atoms with E-state index < -0.39 is 0 Å². The van der Waals surface area contributed by atoms with Crippen LogP contribution in [0.15, 0.2) is 73.3 Å². The predicted molar refractivity (Wildman–Crippen MR) is 127 cm³/mol. The number of ether oxygens (including phenoxy) is 1. The lowest BCUT2D eigenvalue weighted by Crippen LogP contribution is -2.25. The molecule has 31 heavy (non-hydrogen) atoms. The van der Waals surface area contributed by atoms with E-state index in [1.165, 1.54) is 25.9 Å². The van der Waals surface area contributed by atoms with Crippen molar-refractivity contribution in [1.29, 1.82) is 0 Å². The lowest BCUT2D eigenvalue weighted by atomic mass is 10.1. The molecule has 3 heterocycles. The molecule has 0 unspecified atom stereocenters. The summed E-state index contributed by atoms with van der Waals surface area (Å²) in [6.45, 7) is 9.85. The highest BCUT2D eigenvalue weighted by atomic mass is 16.5. The van der Waals surface area contributed by atoms with Gasteiger partial charge in [0.25, 0.3) is 0 Å². The Morgan fingerprint density at radius 3 is 2.71 bits per heavy atom. The summed E-state index contributed by atoms with van der Waals surface area (Å²) in [6, 6.07) is 13.9. The largest absolute Gasteiger partial charge is 0.492 e. The number of benzene rings is 1. The molecule has 0 atom stereocenters. The van der Waals surface area contributed by atoms with E-state index in [4.69, 9.17) is 4.74 Å². The maximum Gasteiger partial charge on any atom is 0.247 e. The quantitative estimate of drug-likeness (QED) is 0.493. The van der Waals surface area contributed by atoms with Crippen molar-refractivity contribution in [1.82, 2.24) is 19.5 Å². The number of nitrogens with zero attached hydrogens (tertiary/aromatic N) is 4. The van der Waals surface area contributed by atoms with Crippen LogP contribution in [-0.2, 0) is 0 Å². The van der Waals surface area contributed by atoms with Gasteiger partial charge in [-0.2, -0.15) is 4.98 Å². The van der Waals surface area contributed by atoms with Crippen molar-refractivity contribution in [2.75, 3.05) is 31.6 Å². The Morgan fingerprint density at radius 1 is 1.16 bits per heavy atom. The van der Waals surface area contributed by atoms with E-state index in [0.29, 0.717) is 5.95 Å². The highest BCUT2D eigenvalue weighted by Gasteiger charge is 2.11. The molecule has 1 fully saturated rings. The van der Waals surface area contributed by atoms with Gasteiger partial charge in [-0.25, -0.2) is 4.52 Å². The first-order chi connectivity index (χ1) is 15.3. The summed E-state index contributed by atoms with van der Waals surface area (Å²) in [7, 11) is 0. The molecular weight excluding hydrogens is 386 g/mol. The number of hydrogen-bond donors (Lipinski definition) is 1. The topological polar surface area (TPSA) is 54.7 Å². The standard InChI is InChI=1S/C25H29N5O/c1-3-5-9-20(4-2)23-10-8-11-24-27-25(28-30(23)24)26-21-12-14-22(15-13-21)31-19-18-29-16-6-7-17-29/h3-5,8-15H,1,6-7,16-19H2,2H3,(H,26,28)/b9-5-,20-4+. The molecule has 1 aromatic carbocycles. The van der Waals surface area contributed by atoms with Crippen molar-refractivity contribution < 1.29 is 4.74 Å². The summed E-state index contributed by atoms with van der Waals surface area (Å²) in [5, 5.41) is 7.95. The Kier molecular flexibility index (Phi) is 6.79. The number of fused-ring (bicyclic) bond motifs is 1. The highest BCUT2D eigenvalue weighted by molar-refractivity contribution is 5.73. The molecule has 0 radical (unpaired) electrons. The normalized spacial score (nSPS) is 15.1. The van der Waals surface area contributed by atoms with Gasteiger partial charge in [0.2, 0.25) is 5.95 Å². The van der Waals surface area contributed by atoms with Crippen molar-refractivity contribution in [2.24, 2.45) is 0 Å². The number of nitrogens with one attached hydrogen (secondary N) is 1. The molecule has 3 aromatic rings. The van der Waals surface area contributed by atoms with Crippen LogP contribution in [0.5, 0.6) is 5.75 Å². The van der Waals surface area contributed by atoms with Gasteiger partial charge in [-0.05, 0) is 74.8 Å². The Balaban J connectivity index is 1.43.